The summed E-state index contributed by atoms with van der Waals surface area (Å²) in [6, 6.07) is 14.9. The fraction of sp³-hybridized carbons (Fsp3) is 0.261. The van der Waals surface area contributed by atoms with Gasteiger partial charge in [-0.05, 0) is 37.1 Å². The van der Waals surface area contributed by atoms with Crippen LogP contribution in [-0.4, -0.2) is 40.8 Å². The molecular weight excluding hydrogens is 401 g/mol. The van der Waals surface area contributed by atoms with E-state index < -0.39 is 6.04 Å². The van der Waals surface area contributed by atoms with Crippen molar-refractivity contribution < 1.29 is 14.0 Å². The van der Waals surface area contributed by atoms with Crippen molar-refractivity contribution in [2.75, 3.05) is 13.1 Å². The zero-order valence-electron chi connectivity index (χ0n) is 16.4. The van der Waals surface area contributed by atoms with E-state index in [1.807, 2.05) is 35.7 Å². The largest absolute Gasteiger partial charge is 0.354 e. The summed E-state index contributed by atoms with van der Waals surface area (Å²) >= 11 is 1.59. The van der Waals surface area contributed by atoms with Crippen molar-refractivity contribution >= 4 is 23.2 Å². The van der Waals surface area contributed by atoms with Gasteiger partial charge in [0.1, 0.15) is 16.9 Å². The van der Waals surface area contributed by atoms with Gasteiger partial charge >= 0.3 is 0 Å². The highest BCUT2D eigenvalue weighted by Gasteiger charge is 2.34. The molecule has 1 N–H and O–H groups in total. The molecule has 0 saturated carbocycles. The normalized spacial score (nSPS) is 15.9. The third-order valence-electron chi connectivity index (χ3n) is 5.16. The van der Waals surface area contributed by atoms with Crippen molar-refractivity contribution in [3.05, 3.63) is 77.1 Å². The second-order valence-electron chi connectivity index (χ2n) is 7.21. The quantitative estimate of drug-likeness (QED) is 0.654. The minimum atomic E-state index is -0.488. The summed E-state index contributed by atoms with van der Waals surface area (Å²) in [5.41, 5.74) is 2.41. The first-order valence-electron chi connectivity index (χ1n) is 9.96. The second-order valence-corrected chi connectivity index (χ2v) is 8.07. The number of likely N-dealkylation sites (tertiary alicyclic amines) is 1. The van der Waals surface area contributed by atoms with Gasteiger partial charge in [0.15, 0.2) is 0 Å². The van der Waals surface area contributed by atoms with Gasteiger partial charge in [0.25, 0.3) is 5.91 Å². The third-order valence-corrected chi connectivity index (χ3v) is 6.10. The maximum Gasteiger partial charge on any atom is 0.254 e. The molecule has 154 valence electrons. The first-order valence-corrected chi connectivity index (χ1v) is 10.8. The van der Waals surface area contributed by atoms with Gasteiger partial charge in [0, 0.05) is 36.0 Å². The average molecular weight is 424 g/mol. The summed E-state index contributed by atoms with van der Waals surface area (Å²) in [7, 11) is 0. The van der Waals surface area contributed by atoms with Crippen molar-refractivity contribution in [1.82, 2.24) is 15.2 Å². The topological polar surface area (TPSA) is 62.3 Å². The van der Waals surface area contributed by atoms with Crippen LogP contribution in [0.2, 0.25) is 0 Å². The Hall–Kier alpha value is -3.06. The van der Waals surface area contributed by atoms with E-state index in [-0.39, 0.29) is 17.6 Å². The molecule has 1 unspecified atom stereocenters. The predicted molar refractivity (Wildman–Crippen MR) is 115 cm³/mol. The summed E-state index contributed by atoms with van der Waals surface area (Å²) < 4.78 is 13.1. The van der Waals surface area contributed by atoms with Crippen LogP contribution in [-0.2, 0) is 11.2 Å². The molecule has 1 aromatic heterocycles. The summed E-state index contributed by atoms with van der Waals surface area (Å²) in [6.45, 7) is 0.993. The Morgan fingerprint density at radius 3 is 2.67 bits per heavy atom. The van der Waals surface area contributed by atoms with Gasteiger partial charge in [-0.1, -0.05) is 30.3 Å². The molecule has 7 heteroatoms. The van der Waals surface area contributed by atoms with Gasteiger partial charge < -0.3 is 10.2 Å². The molecule has 2 aromatic carbocycles. The van der Waals surface area contributed by atoms with Crippen LogP contribution in [0.4, 0.5) is 4.39 Å². The van der Waals surface area contributed by atoms with Gasteiger partial charge in [0.2, 0.25) is 5.91 Å². The molecule has 1 atom stereocenters. The van der Waals surface area contributed by atoms with E-state index in [1.165, 1.54) is 24.3 Å². The number of hydrogen-bond acceptors (Lipinski definition) is 4. The number of amides is 2. The lowest BCUT2D eigenvalue weighted by molar-refractivity contribution is -0.124. The number of aromatic nitrogens is 1. The van der Waals surface area contributed by atoms with Gasteiger partial charge in [-0.25, -0.2) is 9.37 Å². The van der Waals surface area contributed by atoms with Crippen LogP contribution >= 0.6 is 11.3 Å². The number of nitrogens with zero attached hydrogens (tertiary/aromatic N) is 2. The van der Waals surface area contributed by atoms with Gasteiger partial charge in [-0.15, -0.1) is 11.3 Å². The monoisotopic (exact) mass is 423 g/mol. The number of carbonyl (C=O) groups excluding carboxylic acids is 2. The first-order chi connectivity index (χ1) is 14.6. The Morgan fingerprint density at radius 1 is 1.13 bits per heavy atom. The molecular formula is C23H22FN3O2S. The standard InChI is InChI=1S/C23H22FN3O2S/c24-18-10-8-17(9-11-18)23(29)27-14-4-7-20(27)21(28)25-13-12-19-15-30-22(26-19)16-5-2-1-3-6-16/h1-3,5-6,8-11,15,20H,4,7,12-14H2,(H,25,28). The van der Waals surface area contributed by atoms with Crippen molar-refractivity contribution in [3.8, 4) is 10.6 Å². The van der Waals surface area contributed by atoms with E-state index >= 15 is 0 Å². The number of thiazole rings is 1. The molecule has 0 aliphatic carbocycles. The SMILES string of the molecule is O=C(NCCc1csc(-c2ccccc2)n1)C1CCCN1C(=O)c1ccc(F)cc1. The molecule has 0 spiro atoms. The average Bonchev–Trinajstić information content (AvgIpc) is 3.44. The van der Waals surface area contributed by atoms with Crippen molar-refractivity contribution in [1.29, 1.82) is 0 Å². The lowest BCUT2D eigenvalue weighted by Crippen LogP contribution is -2.46. The molecule has 1 aliphatic heterocycles. The first kappa shape index (κ1) is 20.2. The van der Waals surface area contributed by atoms with Crippen LogP contribution in [0.1, 0.15) is 28.9 Å². The maximum atomic E-state index is 13.1. The van der Waals surface area contributed by atoms with E-state index in [2.05, 4.69) is 10.3 Å². The summed E-state index contributed by atoms with van der Waals surface area (Å²) in [6.07, 6.45) is 2.04. The van der Waals surface area contributed by atoms with Crippen LogP contribution in [0, 0.1) is 5.82 Å². The Balaban J connectivity index is 1.32. The molecule has 1 saturated heterocycles. The van der Waals surface area contributed by atoms with E-state index in [1.54, 1.807) is 16.2 Å². The molecule has 2 amide bonds. The zero-order valence-corrected chi connectivity index (χ0v) is 17.2. The summed E-state index contributed by atoms with van der Waals surface area (Å²) in [5.74, 6) is -0.777. The van der Waals surface area contributed by atoms with Crippen LogP contribution in [0.3, 0.4) is 0 Å². The fourth-order valence-corrected chi connectivity index (χ4v) is 4.47. The molecule has 0 bridgehead atoms. The van der Waals surface area contributed by atoms with Crippen LogP contribution in [0.15, 0.2) is 60.0 Å². The number of benzene rings is 2. The Kier molecular flexibility index (Phi) is 6.18. The van der Waals surface area contributed by atoms with Crippen molar-refractivity contribution in [2.24, 2.45) is 0 Å². The highest BCUT2D eigenvalue weighted by atomic mass is 32.1. The molecule has 5 nitrogen and oxygen atoms in total. The van der Waals surface area contributed by atoms with Gasteiger partial charge in [0.05, 0.1) is 5.69 Å². The fourth-order valence-electron chi connectivity index (χ4n) is 3.61. The lowest BCUT2D eigenvalue weighted by Gasteiger charge is -2.24. The van der Waals surface area contributed by atoms with Crippen LogP contribution < -0.4 is 5.32 Å². The molecule has 0 radical (unpaired) electrons. The van der Waals surface area contributed by atoms with E-state index in [4.69, 9.17) is 0 Å². The molecule has 4 rings (SSSR count). The van der Waals surface area contributed by atoms with Crippen molar-refractivity contribution in [2.45, 2.75) is 25.3 Å². The van der Waals surface area contributed by atoms with Crippen molar-refractivity contribution in [3.63, 3.8) is 0 Å². The number of hydrogen-bond donors (Lipinski definition) is 1. The number of rotatable bonds is 6. The molecule has 1 aliphatic rings. The van der Waals surface area contributed by atoms with E-state index in [0.29, 0.717) is 31.5 Å². The minimum Gasteiger partial charge on any atom is -0.354 e. The number of carbonyl (C=O) groups is 2. The highest BCUT2D eigenvalue weighted by Crippen LogP contribution is 2.24. The lowest BCUT2D eigenvalue weighted by atomic mass is 10.1. The smallest absolute Gasteiger partial charge is 0.254 e. The van der Waals surface area contributed by atoms with Gasteiger partial charge in [-0.2, -0.15) is 0 Å². The number of nitrogens with one attached hydrogen (secondary N) is 1. The highest BCUT2D eigenvalue weighted by molar-refractivity contribution is 7.13. The Bertz CT molecular complexity index is 1020. The second kappa shape index (κ2) is 9.17. The van der Waals surface area contributed by atoms with Crippen LogP contribution in [0.5, 0.6) is 0 Å². The minimum absolute atomic E-state index is 0.151. The molecule has 3 aromatic rings. The molecule has 2 heterocycles. The Labute approximate surface area is 178 Å². The summed E-state index contributed by atoms with van der Waals surface area (Å²) in [4.78, 5) is 31.6. The van der Waals surface area contributed by atoms with E-state index in [9.17, 15) is 14.0 Å². The van der Waals surface area contributed by atoms with E-state index in [0.717, 1.165) is 22.7 Å². The number of halogens is 1. The van der Waals surface area contributed by atoms with Gasteiger partial charge in [-0.3, -0.25) is 9.59 Å². The third kappa shape index (κ3) is 4.57. The predicted octanol–water partition coefficient (Wildman–Crippen LogP) is 3.91. The molecule has 30 heavy (non-hydrogen) atoms. The summed E-state index contributed by atoms with van der Waals surface area (Å²) in [5, 5.41) is 5.91. The Morgan fingerprint density at radius 2 is 1.90 bits per heavy atom. The maximum absolute atomic E-state index is 13.1. The van der Waals surface area contributed by atoms with Crippen LogP contribution in [0.25, 0.3) is 10.6 Å². The zero-order chi connectivity index (χ0) is 20.9. The molecule has 1 fully saturated rings.